The summed E-state index contributed by atoms with van der Waals surface area (Å²) < 4.78 is 51.0. The van der Waals surface area contributed by atoms with Gasteiger partial charge in [-0.2, -0.15) is 8.78 Å². The number of benzene rings is 1. The molecule has 1 atom stereocenters. The Bertz CT molecular complexity index is 567. The molecule has 0 saturated heterocycles. The second-order valence-corrected chi connectivity index (χ2v) is 4.61. The van der Waals surface area contributed by atoms with Crippen molar-refractivity contribution >= 4 is 17.3 Å². The van der Waals surface area contributed by atoms with Crippen LogP contribution in [0.5, 0.6) is 5.75 Å². The maximum absolute atomic E-state index is 13.2. The molecule has 0 spiro atoms. The van der Waals surface area contributed by atoms with Gasteiger partial charge in [0.15, 0.2) is 0 Å². The van der Waals surface area contributed by atoms with Gasteiger partial charge in [-0.1, -0.05) is 16.8 Å². The van der Waals surface area contributed by atoms with Crippen LogP contribution in [0.2, 0.25) is 5.02 Å². The van der Waals surface area contributed by atoms with Gasteiger partial charge in [-0.05, 0) is 18.2 Å². The third-order valence-electron chi connectivity index (χ3n) is 2.78. The molecule has 2 rings (SSSR count). The number of phenols is 1. The first-order chi connectivity index (χ1) is 9.17. The van der Waals surface area contributed by atoms with E-state index in [1.165, 1.54) is 18.2 Å². The Labute approximate surface area is 115 Å². The molecule has 0 fully saturated rings. The summed E-state index contributed by atoms with van der Waals surface area (Å²) in [5, 5.41) is 22.4. The molecule has 2 N–H and O–H groups in total. The van der Waals surface area contributed by atoms with Crippen LogP contribution in [0.25, 0.3) is 0 Å². The largest absolute Gasteiger partial charge is 0.507 e. The lowest BCUT2D eigenvalue weighted by Crippen LogP contribution is -2.52. The first-order valence-electron chi connectivity index (χ1n) is 5.29. The number of aliphatic hydroxyl groups is 1. The van der Waals surface area contributed by atoms with Crippen molar-refractivity contribution in [2.24, 2.45) is 5.16 Å². The number of oxime groups is 1. The summed E-state index contributed by atoms with van der Waals surface area (Å²) in [4.78, 5) is 4.09. The molecular formula is C11H8ClF4NO3. The quantitative estimate of drug-likeness (QED) is 0.844. The van der Waals surface area contributed by atoms with Gasteiger partial charge in [-0.3, -0.25) is 0 Å². The Morgan fingerprint density at radius 1 is 1.40 bits per heavy atom. The molecule has 1 aliphatic heterocycles. The van der Waals surface area contributed by atoms with E-state index in [1.54, 1.807) is 0 Å². The van der Waals surface area contributed by atoms with Crippen molar-refractivity contribution in [1.29, 1.82) is 0 Å². The molecule has 0 amide bonds. The van der Waals surface area contributed by atoms with Crippen molar-refractivity contribution < 1.29 is 32.6 Å². The summed E-state index contributed by atoms with van der Waals surface area (Å²) >= 11 is 5.67. The predicted molar refractivity (Wildman–Crippen MR) is 61.3 cm³/mol. The van der Waals surface area contributed by atoms with Crippen LogP contribution in [-0.2, 0) is 4.84 Å². The van der Waals surface area contributed by atoms with Gasteiger partial charge < -0.3 is 15.1 Å². The van der Waals surface area contributed by atoms with E-state index >= 15 is 0 Å². The summed E-state index contributed by atoms with van der Waals surface area (Å²) in [6, 6.07) is 3.69. The predicted octanol–water partition coefficient (Wildman–Crippen LogP) is 2.76. The number of nitrogens with zero attached hydrogens (tertiary/aromatic N) is 1. The van der Waals surface area contributed by atoms with Gasteiger partial charge in [0.05, 0.1) is 12.1 Å². The monoisotopic (exact) mass is 313 g/mol. The Balaban J connectivity index is 2.30. The average Bonchev–Trinajstić information content (AvgIpc) is 2.76. The molecular weight excluding hydrogens is 306 g/mol. The first-order valence-corrected chi connectivity index (χ1v) is 5.67. The zero-order valence-electron chi connectivity index (χ0n) is 9.66. The summed E-state index contributed by atoms with van der Waals surface area (Å²) in [5.74, 6) is -8.64. The van der Waals surface area contributed by atoms with Crippen LogP contribution in [0, 0.1) is 0 Å². The van der Waals surface area contributed by atoms with Gasteiger partial charge >= 0.3 is 18.1 Å². The van der Waals surface area contributed by atoms with Crippen molar-refractivity contribution in [1.82, 2.24) is 0 Å². The van der Waals surface area contributed by atoms with Gasteiger partial charge in [0.25, 0.3) is 0 Å². The standard InChI is InChI=1S/C11H8ClF4NO3/c12-5-1-2-8(18)6(3-5)7-4-10(19,20-17-7)11(15,16)9(13)14/h1-3,9,18-19H,4H2. The maximum Gasteiger partial charge on any atom is 0.373 e. The minimum atomic E-state index is -4.81. The molecule has 0 saturated carbocycles. The Morgan fingerprint density at radius 3 is 2.65 bits per heavy atom. The van der Waals surface area contributed by atoms with E-state index in [0.29, 0.717) is 0 Å². The van der Waals surface area contributed by atoms with Gasteiger partial charge in [-0.25, -0.2) is 8.78 Å². The molecule has 110 valence electrons. The molecule has 0 radical (unpaired) electrons. The van der Waals surface area contributed by atoms with Gasteiger partial charge in [0.1, 0.15) is 5.75 Å². The summed E-state index contributed by atoms with van der Waals surface area (Å²) in [6.45, 7) is 0. The number of hydrogen-bond donors (Lipinski definition) is 2. The van der Waals surface area contributed by atoms with Crippen LogP contribution in [-0.4, -0.2) is 34.1 Å². The van der Waals surface area contributed by atoms with E-state index in [1.807, 2.05) is 0 Å². The fraction of sp³-hybridized carbons (Fsp3) is 0.364. The topological polar surface area (TPSA) is 62.1 Å². The number of alkyl halides is 4. The highest BCUT2D eigenvalue weighted by Gasteiger charge is 2.65. The molecule has 1 aliphatic rings. The van der Waals surface area contributed by atoms with E-state index in [0.717, 1.165) is 0 Å². The molecule has 0 aliphatic carbocycles. The lowest BCUT2D eigenvalue weighted by atomic mass is 9.98. The number of phenolic OH excluding ortho intramolecular Hbond substituents is 1. The van der Waals surface area contributed by atoms with Crippen molar-refractivity contribution in [2.75, 3.05) is 0 Å². The minimum absolute atomic E-state index is 0.0847. The van der Waals surface area contributed by atoms with E-state index < -0.39 is 24.6 Å². The van der Waals surface area contributed by atoms with Crippen LogP contribution in [0.3, 0.4) is 0 Å². The highest BCUT2D eigenvalue weighted by atomic mass is 35.5. The second-order valence-electron chi connectivity index (χ2n) is 4.18. The Morgan fingerprint density at radius 2 is 2.05 bits per heavy atom. The Hall–Kier alpha value is -1.54. The summed E-state index contributed by atoms with van der Waals surface area (Å²) in [7, 11) is 0. The van der Waals surface area contributed by atoms with Gasteiger partial charge in [0, 0.05) is 10.6 Å². The number of hydrogen-bond acceptors (Lipinski definition) is 4. The molecule has 1 heterocycles. The summed E-state index contributed by atoms with van der Waals surface area (Å²) in [5.41, 5.74) is -0.397. The van der Waals surface area contributed by atoms with Crippen LogP contribution >= 0.6 is 11.6 Å². The van der Waals surface area contributed by atoms with Crippen molar-refractivity contribution in [3.63, 3.8) is 0 Å². The fourth-order valence-electron chi connectivity index (χ4n) is 1.66. The van der Waals surface area contributed by atoms with Crippen LogP contribution in [0.4, 0.5) is 17.6 Å². The third-order valence-corrected chi connectivity index (χ3v) is 3.01. The van der Waals surface area contributed by atoms with Crippen molar-refractivity contribution in [3.05, 3.63) is 28.8 Å². The average molecular weight is 314 g/mol. The van der Waals surface area contributed by atoms with Gasteiger partial charge in [-0.15, -0.1) is 0 Å². The smallest absolute Gasteiger partial charge is 0.373 e. The van der Waals surface area contributed by atoms with Crippen molar-refractivity contribution in [2.45, 2.75) is 24.6 Å². The summed E-state index contributed by atoms with van der Waals surface area (Å²) in [6.07, 6.45) is -5.15. The van der Waals surface area contributed by atoms with E-state index in [2.05, 4.69) is 9.99 Å². The van der Waals surface area contributed by atoms with E-state index in [-0.39, 0.29) is 22.0 Å². The first kappa shape index (κ1) is 14.9. The normalized spacial score (nSPS) is 22.9. The number of halogens is 5. The zero-order valence-corrected chi connectivity index (χ0v) is 10.4. The Kier molecular flexibility index (Phi) is 3.55. The second kappa shape index (κ2) is 4.78. The fourth-order valence-corrected chi connectivity index (χ4v) is 1.83. The third kappa shape index (κ3) is 2.29. The van der Waals surface area contributed by atoms with Crippen LogP contribution in [0.1, 0.15) is 12.0 Å². The zero-order chi connectivity index (χ0) is 15.1. The van der Waals surface area contributed by atoms with Gasteiger partial charge in [0.2, 0.25) is 0 Å². The van der Waals surface area contributed by atoms with E-state index in [9.17, 15) is 27.8 Å². The molecule has 20 heavy (non-hydrogen) atoms. The molecule has 0 bridgehead atoms. The molecule has 9 heteroatoms. The number of rotatable bonds is 3. The molecule has 1 aromatic rings. The van der Waals surface area contributed by atoms with Crippen LogP contribution in [0.15, 0.2) is 23.4 Å². The maximum atomic E-state index is 13.2. The molecule has 1 unspecified atom stereocenters. The molecule has 1 aromatic carbocycles. The minimum Gasteiger partial charge on any atom is -0.507 e. The molecule has 4 nitrogen and oxygen atoms in total. The molecule has 0 aromatic heterocycles. The lowest BCUT2D eigenvalue weighted by molar-refractivity contribution is -0.338. The van der Waals surface area contributed by atoms with Crippen LogP contribution < -0.4 is 0 Å². The highest BCUT2D eigenvalue weighted by Crippen LogP contribution is 2.42. The number of aromatic hydroxyl groups is 1. The van der Waals surface area contributed by atoms with E-state index in [4.69, 9.17) is 11.6 Å². The SMILES string of the molecule is Oc1ccc(Cl)cc1C1=NOC(O)(C(F)(F)C(F)F)C1. The lowest BCUT2D eigenvalue weighted by Gasteiger charge is -2.28. The highest BCUT2D eigenvalue weighted by molar-refractivity contribution is 6.31. The van der Waals surface area contributed by atoms with Crippen molar-refractivity contribution in [3.8, 4) is 5.75 Å².